The topological polar surface area (TPSA) is 88.1 Å². The number of anilines is 1. The summed E-state index contributed by atoms with van der Waals surface area (Å²) in [5, 5.41) is 9.05. The van der Waals surface area contributed by atoms with E-state index >= 15 is 0 Å². The highest BCUT2D eigenvalue weighted by Crippen LogP contribution is 2.15. The lowest BCUT2D eigenvalue weighted by Gasteiger charge is -2.12. The molecule has 1 amide bonds. The van der Waals surface area contributed by atoms with E-state index in [0.717, 1.165) is 0 Å². The highest BCUT2D eigenvalue weighted by molar-refractivity contribution is 7.80. The minimum absolute atomic E-state index is 0.0125. The van der Waals surface area contributed by atoms with Crippen LogP contribution in [-0.2, 0) is 18.3 Å². The lowest BCUT2D eigenvalue weighted by Crippen LogP contribution is -2.44. The Kier molecular flexibility index (Phi) is 5.68. The van der Waals surface area contributed by atoms with E-state index in [2.05, 4.69) is 21.3 Å². The molecule has 2 aromatic carbocycles. The molecule has 0 aliphatic rings. The van der Waals surface area contributed by atoms with Gasteiger partial charge in [-0.2, -0.15) is 5.10 Å². The molecule has 3 aromatic rings. The molecule has 0 spiro atoms. The summed E-state index contributed by atoms with van der Waals surface area (Å²) < 4.78 is 1.23. The van der Waals surface area contributed by atoms with Gasteiger partial charge in [0.2, 0.25) is 5.91 Å². The molecule has 3 N–H and O–H groups in total. The van der Waals surface area contributed by atoms with Crippen molar-refractivity contribution < 1.29 is 4.79 Å². The van der Waals surface area contributed by atoms with Gasteiger partial charge in [-0.15, -0.1) is 0 Å². The number of benzene rings is 2. The van der Waals surface area contributed by atoms with Crippen molar-refractivity contribution in [2.75, 3.05) is 5.32 Å². The Morgan fingerprint density at radius 3 is 2.63 bits per heavy atom. The Balaban J connectivity index is 1.65. The summed E-state index contributed by atoms with van der Waals surface area (Å²) in [5.74, 6) is -0.346. The van der Waals surface area contributed by atoms with Crippen molar-refractivity contribution in [3.05, 3.63) is 69.6 Å². The predicted octanol–water partition coefficient (Wildman–Crippen LogP) is 2.15. The van der Waals surface area contributed by atoms with Crippen LogP contribution in [0.2, 0.25) is 5.02 Å². The van der Waals surface area contributed by atoms with E-state index in [1.807, 2.05) is 0 Å². The van der Waals surface area contributed by atoms with E-state index in [1.165, 1.54) is 4.68 Å². The Bertz CT molecular complexity index is 1080. The number of hydrazine groups is 1. The summed E-state index contributed by atoms with van der Waals surface area (Å²) in [4.78, 5) is 24.4. The first-order valence-electron chi connectivity index (χ1n) is 8.00. The lowest BCUT2D eigenvalue weighted by atomic mass is 10.1. The number of nitrogens with one attached hydrogen (secondary N) is 3. The lowest BCUT2D eigenvalue weighted by molar-refractivity contribution is -0.121. The maximum absolute atomic E-state index is 12.3. The number of nitrogens with zero attached hydrogens (tertiary/aromatic N) is 2. The second-order valence-electron chi connectivity index (χ2n) is 5.74. The molecule has 3 rings (SSSR count). The van der Waals surface area contributed by atoms with Gasteiger partial charge in [0.15, 0.2) is 5.11 Å². The smallest absolute Gasteiger partial charge is 0.274 e. The van der Waals surface area contributed by atoms with Crippen molar-refractivity contribution in [2.45, 2.75) is 6.42 Å². The third-order valence-electron chi connectivity index (χ3n) is 3.76. The van der Waals surface area contributed by atoms with Crippen LogP contribution in [0.25, 0.3) is 10.8 Å². The number of rotatable bonds is 3. The van der Waals surface area contributed by atoms with Crippen molar-refractivity contribution >= 4 is 51.3 Å². The van der Waals surface area contributed by atoms with Crippen molar-refractivity contribution in [1.82, 2.24) is 20.6 Å². The zero-order chi connectivity index (χ0) is 19.4. The molecule has 1 aromatic heterocycles. The van der Waals surface area contributed by atoms with Gasteiger partial charge in [-0.25, -0.2) is 4.68 Å². The van der Waals surface area contributed by atoms with Crippen LogP contribution in [0.1, 0.15) is 5.69 Å². The highest BCUT2D eigenvalue weighted by atomic mass is 35.5. The number of halogens is 1. The highest BCUT2D eigenvalue weighted by Gasteiger charge is 2.12. The molecular weight excluding hydrogens is 386 g/mol. The minimum atomic E-state index is -0.346. The van der Waals surface area contributed by atoms with Crippen LogP contribution in [0.5, 0.6) is 0 Å². The fourth-order valence-corrected chi connectivity index (χ4v) is 2.92. The van der Waals surface area contributed by atoms with Crippen LogP contribution in [0.4, 0.5) is 5.69 Å². The molecule has 0 aliphatic heterocycles. The van der Waals surface area contributed by atoms with Gasteiger partial charge < -0.3 is 5.32 Å². The number of aromatic nitrogens is 2. The number of carbonyl (C=O) groups is 1. The van der Waals surface area contributed by atoms with Crippen LogP contribution in [0, 0.1) is 0 Å². The molecule has 7 nitrogen and oxygen atoms in total. The molecule has 27 heavy (non-hydrogen) atoms. The molecule has 1 heterocycles. The van der Waals surface area contributed by atoms with Crippen molar-refractivity contribution in [3.63, 3.8) is 0 Å². The standard InChI is InChI=1S/C18H16ClN5O2S/c1-24-17(26)14-8-3-2-7-13(14)15(23-24)10-16(25)21-22-18(27)20-12-6-4-5-11(19)9-12/h2-9H,10H2,1H3,(H,21,25)(H2,20,22,27). The van der Waals surface area contributed by atoms with Gasteiger partial charge in [0, 0.05) is 23.1 Å². The van der Waals surface area contributed by atoms with Crippen molar-refractivity contribution in [3.8, 4) is 0 Å². The normalized spacial score (nSPS) is 10.4. The summed E-state index contributed by atoms with van der Waals surface area (Å²) in [6.07, 6.45) is -0.0125. The van der Waals surface area contributed by atoms with Crippen LogP contribution < -0.4 is 21.7 Å². The summed E-state index contributed by atoms with van der Waals surface area (Å²) in [7, 11) is 1.55. The molecule has 0 fully saturated rings. The zero-order valence-corrected chi connectivity index (χ0v) is 15.9. The second kappa shape index (κ2) is 8.15. The van der Waals surface area contributed by atoms with E-state index in [9.17, 15) is 9.59 Å². The van der Waals surface area contributed by atoms with Crippen LogP contribution >= 0.6 is 23.8 Å². The summed E-state index contributed by atoms with van der Waals surface area (Å²) >= 11 is 11.0. The largest absolute Gasteiger partial charge is 0.331 e. The van der Waals surface area contributed by atoms with Gasteiger partial charge >= 0.3 is 0 Å². The maximum atomic E-state index is 12.3. The van der Waals surface area contributed by atoms with E-state index in [4.69, 9.17) is 23.8 Å². The van der Waals surface area contributed by atoms with Gasteiger partial charge in [-0.05, 0) is 36.5 Å². The molecule has 9 heteroatoms. The number of carbonyl (C=O) groups excluding carboxylic acids is 1. The van der Waals surface area contributed by atoms with Gasteiger partial charge in [0.1, 0.15) is 0 Å². The Morgan fingerprint density at radius 1 is 1.15 bits per heavy atom. The second-order valence-corrected chi connectivity index (χ2v) is 6.58. The molecule has 0 bridgehead atoms. The van der Waals surface area contributed by atoms with Crippen LogP contribution in [0.3, 0.4) is 0 Å². The zero-order valence-electron chi connectivity index (χ0n) is 14.3. The van der Waals surface area contributed by atoms with Crippen LogP contribution in [-0.4, -0.2) is 20.8 Å². The molecule has 0 atom stereocenters. The monoisotopic (exact) mass is 401 g/mol. The number of hydrogen-bond donors (Lipinski definition) is 3. The quantitative estimate of drug-likeness (QED) is 0.460. The molecule has 138 valence electrons. The van der Waals surface area contributed by atoms with Crippen molar-refractivity contribution in [2.24, 2.45) is 7.05 Å². The molecule has 0 radical (unpaired) electrons. The number of aryl methyl sites for hydroxylation is 1. The fourth-order valence-electron chi connectivity index (χ4n) is 2.56. The molecule has 0 unspecified atom stereocenters. The van der Waals surface area contributed by atoms with E-state index < -0.39 is 0 Å². The third kappa shape index (κ3) is 4.60. The first-order chi connectivity index (χ1) is 12.9. The summed E-state index contributed by atoms with van der Waals surface area (Å²) in [6.45, 7) is 0. The average molecular weight is 402 g/mol. The van der Waals surface area contributed by atoms with E-state index in [0.29, 0.717) is 27.2 Å². The maximum Gasteiger partial charge on any atom is 0.274 e. The van der Waals surface area contributed by atoms with Gasteiger partial charge in [0.05, 0.1) is 17.5 Å². The first kappa shape index (κ1) is 18.8. The molecular formula is C18H16ClN5O2S. The fraction of sp³-hybridized carbons (Fsp3) is 0.111. The van der Waals surface area contributed by atoms with Crippen LogP contribution in [0.15, 0.2) is 53.3 Å². The number of amides is 1. The van der Waals surface area contributed by atoms with E-state index in [-0.39, 0.29) is 23.0 Å². The van der Waals surface area contributed by atoms with Crippen molar-refractivity contribution in [1.29, 1.82) is 0 Å². The average Bonchev–Trinajstić information content (AvgIpc) is 2.64. The summed E-state index contributed by atoms with van der Waals surface area (Å²) in [6, 6.07) is 14.1. The number of thiocarbonyl (C=S) groups is 1. The Labute approximate surface area is 165 Å². The third-order valence-corrected chi connectivity index (χ3v) is 4.20. The molecule has 0 saturated carbocycles. The van der Waals surface area contributed by atoms with Gasteiger partial charge in [0.25, 0.3) is 5.56 Å². The number of hydrogen-bond acceptors (Lipinski definition) is 4. The number of fused-ring (bicyclic) bond motifs is 1. The molecule has 0 aliphatic carbocycles. The SMILES string of the molecule is Cn1nc(CC(=O)NNC(=S)Nc2cccc(Cl)c2)c2ccccc2c1=O. The van der Waals surface area contributed by atoms with E-state index in [1.54, 1.807) is 55.6 Å². The molecule has 0 saturated heterocycles. The Hall–Kier alpha value is -2.97. The van der Waals surface area contributed by atoms with Gasteiger partial charge in [-0.1, -0.05) is 35.9 Å². The first-order valence-corrected chi connectivity index (χ1v) is 8.79. The summed E-state index contributed by atoms with van der Waals surface area (Å²) in [5.41, 5.74) is 6.12. The predicted molar refractivity (Wildman–Crippen MR) is 110 cm³/mol. The minimum Gasteiger partial charge on any atom is -0.331 e. The Morgan fingerprint density at radius 2 is 1.89 bits per heavy atom. The van der Waals surface area contributed by atoms with Gasteiger partial charge in [-0.3, -0.25) is 20.4 Å².